The van der Waals surface area contributed by atoms with E-state index in [1.165, 1.54) is 36.5 Å². The zero-order chi connectivity index (χ0) is 26.2. The Morgan fingerprint density at radius 2 is 1.86 bits per heavy atom. The van der Waals surface area contributed by atoms with Crippen LogP contribution in [0.1, 0.15) is 12.0 Å². The Bertz CT molecular complexity index is 1450. The highest BCUT2D eigenvalue weighted by molar-refractivity contribution is 5.98. The van der Waals surface area contributed by atoms with Crippen LogP contribution in [0, 0.1) is 11.6 Å². The van der Waals surface area contributed by atoms with E-state index in [2.05, 4.69) is 20.3 Å². The average molecular weight is 518 g/mol. The van der Waals surface area contributed by atoms with Gasteiger partial charge in [-0.2, -0.15) is 0 Å². The molecule has 1 atom stereocenters. The van der Waals surface area contributed by atoms with Gasteiger partial charge in [0.1, 0.15) is 18.0 Å². The predicted molar refractivity (Wildman–Crippen MR) is 126 cm³/mol. The van der Waals surface area contributed by atoms with E-state index < -0.39 is 42.7 Å². The van der Waals surface area contributed by atoms with E-state index >= 15 is 0 Å². The first-order valence-corrected chi connectivity index (χ1v) is 11.0. The Balaban J connectivity index is 1.43. The number of rotatable bonds is 6. The van der Waals surface area contributed by atoms with Crippen LogP contribution < -0.4 is 10.1 Å². The van der Waals surface area contributed by atoms with Crippen LogP contribution in [-0.2, 0) is 4.74 Å². The molecule has 0 amide bonds. The smallest absolute Gasteiger partial charge is 0.289 e. The normalized spacial score (nSPS) is 17.5. The summed E-state index contributed by atoms with van der Waals surface area (Å²) in [5, 5.41) is 12.0. The van der Waals surface area contributed by atoms with Crippen LogP contribution in [0.2, 0.25) is 0 Å². The van der Waals surface area contributed by atoms with Crippen molar-refractivity contribution in [2.45, 2.75) is 12.1 Å². The molecule has 37 heavy (non-hydrogen) atoms. The van der Waals surface area contributed by atoms with E-state index in [1.807, 2.05) is 0 Å². The molecule has 0 fully saturated rings. The lowest BCUT2D eigenvalue weighted by Gasteiger charge is -2.26. The molecule has 4 aromatic rings. The molecule has 3 N–H and O–H groups in total. The van der Waals surface area contributed by atoms with Crippen molar-refractivity contribution in [3.8, 4) is 22.6 Å². The fraction of sp³-hybridized carbons (Fsp3) is 0.200. The molecule has 0 saturated heterocycles. The molecule has 0 aliphatic carbocycles. The number of alkyl halides is 3. The molecule has 0 unspecified atom stereocenters. The molecule has 5 rings (SSSR count). The standard InChI is InChI=1S/C25H19F5N4O3/c26-17-7-15(34-24-33-10-25(30,11-35)12-36-24)8-18(27)21(17)37-19-5-6-31-23-20(19)16(9-32-23)13-1-3-14(4-2-13)22(28)29/h1-9,22,35H,10-12H2,(H,31,32)(H,33,34)/t25-/m1/s1. The third kappa shape index (κ3) is 4.92. The van der Waals surface area contributed by atoms with E-state index in [0.29, 0.717) is 22.2 Å². The number of fused-ring (bicyclic) bond motifs is 1. The van der Waals surface area contributed by atoms with Gasteiger partial charge in [-0.25, -0.2) is 31.9 Å². The van der Waals surface area contributed by atoms with E-state index in [0.717, 1.165) is 12.1 Å². The van der Waals surface area contributed by atoms with Crippen LogP contribution in [-0.4, -0.2) is 46.5 Å². The summed E-state index contributed by atoms with van der Waals surface area (Å²) in [7, 11) is 0. The van der Waals surface area contributed by atoms with Crippen LogP contribution in [0.3, 0.4) is 0 Å². The van der Waals surface area contributed by atoms with Crippen molar-refractivity contribution in [3.63, 3.8) is 0 Å². The number of aliphatic hydroxyl groups is 1. The summed E-state index contributed by atoms with van der Waals surface area (Å²) in [5.41, 5.74) is -0.741. The number of hydrogen-bond acceptors (Lipinski definition) is 6. The Kier molecular flexibility index (Phi) is 6.42. The predicted octanol–water partition coefficient (Wildman–Crippen LogP) is 5.74. The van der Waals surface area contributed by atoms with E-state index in [1.54, 1.807) is 6.20 Å². The quantitative estimate of drug-likeness (QED) is 0.283. The van der Waals surface area contributed by atoms with E-state index in [9.17, 15) is 22.0 Å². The Hall–Kier alpha value is -4.19. The minimum absolute atomic E-state index is 0.0576. The van der Waals surface area contributed by atoms with Crippen LogP contribution in [0.4, 0.5) is 27.6 Å². The lowest BCUT2D eigenvalue weighted by Crippen LogP contribution is -2.43. The molecule has 2 aromatic heterocycles. The monoisotopic (exact) mass is 518 g/mol. The maximum absolute atomic E-state index is 14.9. The molecule has 0 spiro atoms. The number of aliphatic imine (C=N–C) groups is 1. The third-order valence-corrected chi connectivity index (χ3v) is 5.73. The number of aromatic nitrogens is 2. The van der Waals surface area contributed by atoms with Gasteiger partial charge in [0, 0.05) is 41.3 Å². The number of aromatic amines is 1. The van der Waals surface area contributed by atoms with Gasteiger partial charge in [0.2, 0.25) is 0 Å². The number of amidine groups is 1. The molecule has 192 valence electrons. The van der Waals surface area contributed by atoms with E-state index in [4.69, 9.17) is 14.6 Å². The number of nitrogens with one attached hydrogen (secondary N) is 2. The summed E-state index contributed by atoms with van der Waals surface area (Å²) in [6, 6.07) is 8.77. The van der Waals surface area contributed by atoms with Gasteiger partial charge in [0.15, 0.2) is 23.1 Å². The molecule has 3 heterocycles. The highest BCUT2D eigenvalue weighted by atomic mass is 19.3. The first-order chi connectivity index (χ1) is 17.8. The Morgan fingerprint density at radius 3 is 2.49 bits per heavy atom. The summed E-state index contributed by atoms with van der Waals surface area (Å²) in [6.45, 7) is -1.62. The van der Waals surface area contributed by atoms with Gasteiger partial charge in [-0.05, 0) is 11.6 Å². The van der Waals surface area contributed by atoms with Crippen molar-refractivity contribution < 1.29 is 36.5 Å². The second kappa shape index (κ2) is 9.69. The molecular weight excluding hydrogens is 499 g/mol. The van der Waals surface area contributed by atoms with Crippen molar-refractivity contribution in [2.75, 3.05) is 25.1 Å². The van der Waals surface area contributed by atoms with Gasteiger partial charge >= 0.3 is 0 Å². The van der Waals surface area contributed by atoms with Crippen LogP contribution >= 0.6 is 0 Å². The number of pyridine rings is 1. The van der Waals surface area contributed by atoms with Crippen molar-refractivity contribution in [1.82, 2.24) is 9.97 Å². The third-order valence-electron chi connectivity index (χ3n) is 5.73. The minimum Gasteiger partial charge on any atom is -0.461 e. The van der Waals surface area contributed by atoms with Gasteiger partial charge < -0.3 is 24.9 Å². The van der Waals surface area contributed by atoms with Crippen molar-refractivity contribution >= 4 is 22.7 Å². The molecule has 2 aromatic carbocycles. The lowest BCUT2D eigenvalue weighted by atomic mass is 10.0. The van der Waals surface area contributed by atoms with Gasteiger partial charge in [-0.15, -0.1) is 0 Å². The zero-order valence-corrected chi connectivity index (χ0v) is 18.9. The second-order valence-corrected chi connectivity index (χ2v) is 8.37. The van der Waals surface area contributed by atoms with Crippen molar-refractivity contribution in [2.24, 2.45) is 4.99 Å². The van der Waals surface area contributed by atoms with Crippen molar-refractivity contribution in [3.05, 3.63) is 72.1 Å². The second-order valence-electron chi connectivity index (χ2n) is 8.37. The Morgan fingerprint density at radius 1 is 1.14 bits per heavy atom. The summed E-state index contributed by atoms with van der Waals surface area (Å²) in [5.74, 6) is -2.69. The number of H-pyrrole nitrogens is 1. The highest BCUT2D eigenvalue weighted by Gasteiger charge is 2.34. The zero-order valence-electron chi connectivity index (χ0n) is 18.9. The molecule has 0 saturated carbocycles. The first kappa shape index (κ1) is 24.5. The number of halogens is 5. The summed E-state index contributed by atoms with van der Waals surface area (Å²) in [4.78, 5) is 10.9. The summed E-state index contributed by atoms with van der Waals surface area (Å²) in [6.07, 6.45) is 0.366. The number of nitrogens with zero attached hydrogens (tertiary/aromatic N) is 2. The summed E-state index contributed by atoms with van der Waals surface area (Å²) >= 11 is 0. The fourth-order valence-corrected chi connectivity index (χ4v) is 3.78. The largest absolute Gasteiger partial charge is 0.461 e. The molecule has 0 radical (unpaired) electrons. The molecule has 7 nitrogen and oxygen atoms in total. The molecular formula is C25H19F5N4O3. The van der Waals surface area contributed by atoms with Gasteiger partial charge in [0.25, 0.3) is 12.4 Å². The Labute approximate surface area is 206 Å². The van der Waals surface area contributed by atoms with Crippen LogP contribution in [0.15, 0.2) is 59.9 Å². The maximum Gasteiger partial charge on any atom is 0.289 e. The fourth-order valence-electron chi connectivity index (χ4n) is 3.78. The average Bonchev–Trinajstić information content (AvgIpc) is 3.33. The van der Waals surface area contributed by atoms with Crippen LogP contribution in [0.5, 0.6) is 11.5 Å². The first-order valence-electron chi connectivity index (χ1n) is 11.0. The SMILES string of the molecule is OC[C@]1(F)CN=C(Nc2cc(F)c(Oc3ccnc4[nH]cc(-c5ccc(C(F)F)cc5)c34)c(F)c2)OC1. The maximum atomic E-state index is 14.9. The number of benzene rings is 2. The van der Waals surface area contributed by atoms with Gasteiger partial charge in [-0.1, -0.05) is 24.3 Å². The van der Waals surface area contributed by atoms with E-state index in [-0.39, 0.29) is 29.6 Å². The topological polar surface area (TPSA) is 91.8 Å². The van der Waals surface area contributed by atoms with Crippen molar-refractivity contribution in [1.29, 1.82) is 0 Å². The molecule has 12 heteroatoms. The van der Waals surface area contributed by atoms with Crippen LogP contribution in [0.25, 0.3) is 22.2 Å². The molecule has 1 aliphatic rings. The number of hydrogen-bond donors (Lipinski definition) is 3. The number of anilines is 1. The minimum atomic E-state index is -2.62. The highest BCUT2D eigenvalue weighted by Crippen LogP contribution is 2.39. The lowest BCUT2D eigenvalue weighted by molar-refractivity contribution is 0.0181. The number of ether oxygens (including phenoxy) is 2. The number of aliphatic hydroxyl groups excluding tert-OH is 1. The molecule has 1 aliphatic heterocycles. The molecule has 0 bridgehead atoms. The van der Waals surface area contributed by atoms with Gasteiger partial charge in [-0.3, -0.25) is 0 Å². The van der Waals surface area contributed by atoms with Gasteiger partial charge in [0.05, 0.1) is 18.5 Å². The summed E-state index contributed by atoms with van der Waals surface area (Å²) < 4.78 is 80.4.